The lowest BCUT2D eigenvalue weighted by atomic mass is 10.1. The lowest BCUT2D eigenvalue weighted by molar-refractivity contribution is -0.125. The summed E-state index contributed by atoms with van der Waals surface area (Å²) in [5, 5.41) is 3.16. The normalized spacial score (nSPS) is 18.5. The molecule has 1 fully saturated rings. The number of urea groups is 1. The number of hydrogen-bond donors (Lipinski definition) is 1. The molecule has 3 aromatic rings. The number of benzene rings is 2. The van der Waals surface area contributed by atoms with Crippen LogP contribution >= 0.6 is 0 Å². The second kappa shape index (κ2) is 8.04. The van der Waals surface area contributed by atoms with E-state index in [1.165, 1.54) is 14.0 Å². The molecule has 0 radical (unpaired) electrons. The van der Waals surface area contributed by atoms with Gasteiger partial charge in [-0.1, -0.05) is 18.2 Å². The standard InChI is InChI=1S/C23H24N4O5S/c1-15-13-16(19-7-5-6-8-20(19)24-15)14-32-18-11-9-17(10-12-18)27(33(4,30)31)23(2)21(28)25-22(29)26(23)3/h5-13H,14H2,1-4H3,(H,25,28,29). The Kier molecular flexibility index (Phi) is 5.49. The number of ether oxygens (including phenoxy) is 1. The monoisotopic (exact) mass is 468 g/mol. The van der Waals surface area contributed by atoms with Gasteiger partial charge in [0.1, 0.15) is 12.4 Å². The third-order valence-corrected chi connectivity index (χ3v) is 6.96. The fourth-order valence-electron chi connectivity index (χ4n) is 4.00. The molecular formula is C23H24N4O5S. The van der Waals surface area contributed by atoms with Crippen molar-refractivity contribution in [2.24, 2.45) is 0 Å². The molecule has 2 aromatic carbocycles. The lowest BCUT2D eigenvalue weighted by Gasteiger charge is -2.39. The zero-order chi connectivity index (χ0) is 24.0. The van der Waals surface area contributed by atoms with Gasteiger partial charge in [-0.3, -0.25) is 20.0 Å². The Bertz CT molecular complexity index is 1360. The topological polar surface area (TPSA) is 109 Å². The first-order valence-corrected chi connectivity index (χ1v) is 12.0. The average molecular weight is 469 g/mol. The Labute approximate surface area is 192 Å². The van der Waals surface area contributed by atoms with Gasteiger partial charge < -0.3 is 4.74 Å². The van der Waals surface area contributed by atoms with E-state index < -0.39 is 27.6 Å². The summed E-state index contributed by atoms with van der Waals surface area (Å²) in [6, 6.07) is 15.4. The Morgan fingerprint density at radius 1 is 1.12 bits per heavy atom. The maximum absolute atomic E-state index is 12.6. The maximum Gasteiger partial charge on any atom is 0.326 e. The first-order chi connectivity index (χ1) is 15.5. The Hall–Kier alpha value is -3.66. The third kappa shape index (κ3) is 3.97. The summed E-state index contributed by atoms with van der Waals surface area (Å²) >= 11 is 0. The number of sulfonamides is 1. The second-order valence-corrected chi connectivity index (χ2v) is 9.92. The summed E-state index contributed by atoms with van der Waals surface area (Å²) in [7, 11) is -2.54. The molecule has 0 aliphatic carbocycles. The molecule has 1 aromatic heterocycles. The van der Waals surface area contributed by atoms with E-state index in [1.54, 1.807) is 24.3 Å². The number of nitrogens with one attached hydrogen (secondary N) is 1. The summed E-state index contributed by atoms with van der Waals surface area (Å²) in [6.07, 6.45) is 0.990. The fourth-order valence-corrected chi connectivity index (χ4v) is 5.35. The van der Waals surface area contributed by atoms with Crippen LogP contribution in [0.4, 0.5) is 10.5 Å². The number of fused-ring (bicyclic) bond motifs is 1. The number of carbonyl (C=O) groups is 2. The molecule has 2 heterocycles. The maximum atomic E-state index is 12.6. The average Bonchev–Trinajstić information content (AvgIpc) is 2.94. The molecule has 10 heteroatoms. The molecule has 33 heavy (non-hydrogen) atoms. The van der Waals surface area contributed by atoms with Gasteiger partial charge in [-0.2, -0.15) is 0 Å². The van der Waals surface area contributed by atoms with Crippen LogP contribution in [0, 0.1) is 6.92 Å². The van der Waals surface area contributed by atoms with E-state index in [9.17, 15) is 18.0 Å². The smallest absolute Gasteiger partial charge is 0.326 e. The van der Waals surface area contributed by atoms with Gasteiger partial charge in [-0.05, 0) is 50.2 Å². The van der Waals surface area contributed by atoms with Crippen LogP contribution < -0.4 is 14.4 Å². The number of imide groups is 1. The van der Waals surface area contributed by atoms with Crippen molar-refractivity contribution in [1.29, 1.82) is 0 Å². The van der Waals surface area contributed by atoms with Crippen molar-refractivity contribution in [3.8, 4) is 5.75 Å². The van der Waals surface area contributed by atoms with Crippen LogP contribution in [-0.4, -0.2) is 49.2 Å². The molecule has 1 N–H and O–H groups in total. The highest BCUT2D eigenvalue weighted by atomic mass is 32.2. The van der Waals surface area contributed by atoms with E-state index >= 15 is 0 Å². The van der Waals surface area contributed by atoms with Gasteiger partial charge >= 0.3 is 6.03 Å². The molecule has 0 bridgehead atoms. The van der Waals surface area contributed by atoms with Crippen LogP contribution in [0.15, 0.2) is 54.6 Å². The van der Waals surface area contributed by atoms with E-state index in [0.29, 0.717) is 12.4 Å². The number of pyridine rings is 1. The molecule has 172 valence electrons. The van der Waals surface area contributed by atoms with Crippen molar-refractivity contribution >= 4 is 38.6 Å². The van der Waals surface area contributed by atoms with Gasteiger partial charge in [0, 0.05) is 23.7 Å². The van der Waals surface area contributed by atoms with E-state index in [1.807, 2.05) is 37.3 Å². The number of likely N-dealkylation sites (N-methyl/N-ethyl adjacent to an activating group) is 1. The molecule has 4 rings (SSSR count). The minimum Gasteiger partial charge on any atom is -0.489 e. The Balaban J connectivity index is 1.61. The molecular weight excluding hydrogens is 444 g/mol. The van der Waals surface area contributed by atoms with Crippen molar-refractivity contribution in [2.75, 3.05) is 17.6 Å². The van der Waals surface area contributed by atoms with E-state index in [0.717, 1.165) is 37.6 Å². The highest BCUT2D eigenvalue weighted by Crippen LogP contribution is 2.33. The Morgan fingerprint density at radius 2 is 1.79 bits per heavy atom. The number of carbonyl (C=O) groups excluding carboxylic acids is 2. The van der Waals surface area contributed by atoms with Crippen molar-refractivity contribution in [3.05, 3.63) is 65.9 Å². The van der Waals surface area contributed by atoms with Crippen LogP contribution in [0.1, 0.15) is 18.2 Å². The van der Waals surface area contributed by atoms with Gasteiger partial charge in [0.05, 0.1) is 17.5 Å². The van der Waals surface area contributed by atoms with Crippen molar-refractivity contribution in [2.45, 2.75) is 26.1 Å². The van der Waals surface area contributed by atoms with Crippen LogP contribution in [-0.2, 0) is 21.4 Å². The van der Waals surface area contributed by atoms with E-state index in [-0.39, 0.29) is 5.69 Å². The van der Waals surface area contributed by atoms with E-state index in [2.05, 4.69) is 10.3 Å². The summed E-state index contributed by atoms with van der Waals surface area (Å²) < 4.78 is 32.2. The number of nitrogens with zero attached hydrogens (tertiary/aromatic N) is 3. The molecule has 1 aliphatic rings. The molecule has 3 amide bonds. The number of para-hydroxylation sites is 1. The van der Waals surface area contributed by atoms with Gasteiger partial charge in [-0.25, -0.2) is 17.5 Å². The predicted octanol–water partition coefficient (Wildman–Crippen LogP) is 2.79. The van der Waals surface area contributed by atoms with Crippen LogP contribution in [0.2, 0.25) is 0 Å². The quantitative estimate of drug-likeness (QED) is 0.557. The molecule has 1 atom stereocenters. The minimum absolute atomic E-state index is 0.231. The molecule has 0 saturated carbocycles. The van der Waals surface area contributed by atoms with Crippen molar-refractivity contribution < 1.29 is 22.7 Å². The summed E-state index contributed by atoms with van der Waals surface area (Å²) in [5.74, 6) is -0.197. The second-order valence-electron chi connectivity index (χ2n) is 8.09. The highest BCUT2D eigenvalue weighted by molar-refractivity contribution is 7.92. The van der Waals surface area contributed by atoms with Crippen LogP contribution in [0.5, 0.6) is 5.75 Å². The van der Waals surface area contributed by atoms with Crippen molar-refractivity contribution in [3.63, 3.8) is 0 Å². The number of amides is 3. The molecule has 1 unspecified atom stereocenters. The lowest BCUT2D eigenvalue weighted by Crippen LogP contribution is -2.61. The van der Waals surface area contributed by atoms with Gasteiger partial charge in [0.15, 0.2) is 0 Å². The largest absolute Gasteiger partial charge is 0.489 e. The first-order valence-electron chi connectivity index (χ1n) is 10.2. The van der Waals surface area contributed by atoms with Gasteiger partial charge in [-0.15, -0.1) is 0 Å². The van der Waals surface area contributed by atoms with Crippen LogP contribution in [0.25, 0.3) is 10.9 Å². The minimum atomic E-state index is -3.92. The summed E-state index contributed by atoms with van der Waals surface area (Å²) in [5.41, 5.74) is 1.25. The molecule has 9 nitrogen and oxygen atoms in total. The highest BCUT2D eigenvalue weighted by Gasteiger charge is 2.55. The fraction of sp³-hybridized carbons (Fsp3) is 0.261. The van der Waals surface area contributed by atoms with Gasteiger partial charge in [0.2, 0.25) is 15.7 Å². The summed E-state index contributed by atoms with van der Waals surface area (Å²) in [6.45, 7) is 3.61. The predicted molar refractivity (Wildman–Crippen MR) is 124 cm³/mol. The molecule has 1 aliphatic heterocycles. The number of aromatic nitrogens is 1. The zero-order valence-corrected chi connectivity index (χ0v) is 19.5. The number of hydrogen-bond acceptors (Lipinski definition) is 6. The van der Waals surface area contributed by atoms with Crippen molar-refractivity contribution in [1.82, 2.24) is 15.2 Å². The number of anilines is 1. The zero-order valence-electron chi connectivity index (χ0n) is 18.7. The van der Waals surface area contributed by atoms with Crippen LogP contribution in [0.3, 0.4) is 0 Å². The number of rotatable bonds is 6. The first kappa shape index (κ1) is 22.5. The Morgan fingerprint density at radius 3 is 2.39 bits per heavy atom. The SMILES string of the molecule is Cc1cc(COc2ccc(N(C3(C)C(=O)NC(=O)N3C)S(C)(=O)=O)cc2)c2ccccc2n1. The third-order valence-electron chi connectivity index (χ3n) is 5.73. The molecule has 1 saturated heterocycles. The summed E-state index contributed by atoms with van der Waals surface area (Å²) in [4.78, 5) is 30.1. The molecule has 0 spiro atoms. The van der Waals surface area contributed by atoms with E-state index in [4.69, 9.17) is 4.74 Å². The number of aryl methyl sites for hydroxylation is 1. The van der Waals surface area contributed by atoms with Gasteiger partial charge in [0.25, 0.3) is 5.91 Å².